The predicted octanol–water partition coefficient (Wildman–Crippen LogP) is 12.0. The SMILES string of the molecule is CC(=Nc1c(C(C)C)cccc1C(C)C)C(C)=Nc1c(C(C)C)cccc1C(C)C.COC(C)(C)C.O=S(=O)([N-]S(=O)(=O)C(F)(F)F)C(F)(F)F.[CH3-].[Pd+2]. The number of methoxy groups -OCH3 is 1. The monoisotopic (exact) mass is 893 g/mol. The molecule has 0 fully saturated rings. The smallest absolute Gasteiger partial charge is 0.421 e. The molecule has 0 unspecified atom stereocenters. The Kier molecular flexibility index (Phi) is 22.7. The molecular formula is C36H55F6N3O5PdS2. The van der Waals surface area contributed by atoms with Gasteiger partial charge in [0.2, 0.25) is 0 Å². The number of nitrogens with zero attached hydrogens (tertiary/aromatic N) is 3. The van der Waals surface area contributed by atoms with Gasteiger partial charge >= 0.3 is 31.4 Å². The zero-order valence-corrected chi connectivity index (χ0v) is 36.2. The Morgan fingerprint density at radius 3 is 0.962 bits per heavy atom. The molecule has 0 spiro atoms. The molecule has 0 N–H and O–H groups in total. The van der Waals surface area contributed by atoms with Gasteiger partial charge in [0.15, 0.2) is 20.0 Å². The van der Waals surface area contributed by atoms with E-state index in [1.165, 1.54) is 22.3 Å². The zero-order chi connectivity index (χ0) is 40.5. The molecule has 0 heterocycles. The van der Waals surface area contributed by atoms with Crippen LogP contribution in [0, 0.1) is 7.43 Å². The molecule has 8 nitrogen and oxygen atoms in total. The first-order valence-electron chi connectivity index (χ1n) is 16.1. The Balaban J connectivity index is -0.000000911. The van der Waals surface area contributed by atoms with Crippen molar-refractivity contribution in [2.75, 3.05) is 7.11 Å². The van der Waals surface area contributed by atoms with Gasteiger partial charge < -0.3 is 16.3 Å². The third-order valence-corrected chi connectivity index (χ3v) is 9.90. The summed E-state index contributed by atoms with van der Waals surface area (Å²) in [6, 6.07) is 13.2. The third kappa shape index (κ3) is 17.5. The van der Waals surface area contributed by atoms with Gasteiger partial charge in [-0.1, -0.05) is 91.8 Å². The first-order chi connectivity index (χ1) is 22.8. The van der Waals surface area contributed by atoms with E-state index in [9.17, 15) is 43.2 Å². The van der Waals surface area contributed by atoms with Crippen LogP contribution in [0.1, 0.15) is 136 Å². The molecule has 0 aliphatic carbocycles. The van der Waals surface area contributed by atoms with Crippen LogP contribution in [0.15, 0.2) is 46.4 Å². The van der Waals surface area contributed by atoms with Crippen LogP contribution >= 0.6 is 0 Å². The van der Waals surface area contributed by atoms with Gasteiger partial charge in [0.05, 0.1) is 28.4 Å². The second-order valence-corrected chi connectivity index (χ2v) is 17.2. The van der Waals surface area contributed by atoms with E-state index in [0.29, 0.717) is 23.7 Å². The molecule has 53 heavy (non-hydrogen) atoms. The maximum Gasteiger partial charge on any atom is 2.00 e. The largest absolute Gasteiger partial charge is 2.00 e. The Morgan fingerprint density at radius 2 is 0.811 bits per heavy atom. The van der Waals surface area contributed by atoms with Crippen LogP contribution in [0.5, 0.6) is 0 Å². The molecule has 2 rings (SSSR count). The second kappa shape index (κ2) is 21.8. The van der Waals surface area contributed by atoms with E-state index in [0.717, 1.165) is 26.9 Å². The normalized spacial score (nSPS) is 13.2. The second-order valence-electron chi connectivity index (χ2n) is 13.8. The number of benzene rings is 2. The van der Waals surface area contributed by atoms with E-state index in [1.54, 1.807) is 7.11 Å². The van der Waals surface area contributed by atoms with Gasteiger partial charge in [0.1, 0.15) is 0 Å². The van der Waals surface area contributed by atoms with Crippen LogP contribution in [-0.4, -0.2) is 52.0 Å². The van der Waals surface area contributed by atoms with E-state index >= 15 is 0 Å². The summed E-state index contributed by atoms with van der Waals surface area (Å²) in [4.78, 5) is 10.3. The van der Waals surface area contributed by atoms with Gasteiger partial charge in [0, 0.05) is 7.11 Å². The number of aliphatic imine (C=N–C) groups is 2. The Morgan fingerprint density at radius 1 is 0.604 bits per heavy atom. The van der Waals surface area contributed by atoms with Gasteiger partial charge in [-0.05, 0) is 80.5 Å². The van der Waals surface area contributed by atoms with Gasteiger partial charge in [0.25, 0.3) is 0 Å². The molecule has 0 radical (unpaired) electrons. The topological polar surface area (TPSA) is 116 Å². The van der Waals surface area contributed by atoms with E-state index in [1.807, 2.05) is 20.8 Å². The van der Waals surface area contributed by atoms with Gasteiger partial charge in [-0.3, -0.25) is 9.98 Å². The fourth-order valence-corrected chi connectivity index (χ4v) is 5.70. The summed E-state index contributed by atoms with van der Waals surface area (Å²) < 4.78 is 114. The van der Waals surface area contributed by atoms with Gasteiger partial charge in [-0.25, -0.2) is 16.8 Å². The molecule has 0 atom stereocenters. The summed E-state index contributed by atoms with van der Waals surface area (Å²) in [5.74, 6) is 1.73. The molecule has 0 saturated heterocycles. The summed E-state index contributed by atoms with van der Waals surface area (Å²) in [5, 5.41) is 0. The third-order valence-electron chi connectivity index (χ3n) is 7.16. The van der Waals surface area contributed by atoms with Crippen LogP contribution in [0.3, 0.4) is 0 Å². The van der Waals surface area contributed by atoms with Crippen LogP contribution < -0.4 is 0 Å². The number of alkyl halides is 6. The summed E-state index contributed by atoms with van der Waals surface area (Å²) >= 11 is 0. The maximum absolute atomic E-state index is 11.4. The average molecular weight is 894 g/mol. The Bertz CT molecular complexity index is 1560. The van der Waals surface area contributed by atoms with Crippen molar-refractivity contribution in [1.29, 1.82) is 0 Å². The number of para-hydroxylation sites is 2. The minimum Gasteiger partial charge on any atom is -0.421 e. The molecule has 0 amide bonds. The van der Waals surface area contributed by atoms with E-state index in [4.69, 9.17) is 14.7 Å². The molecule has 0 aliphatic heterocycles. The number of rotatable bonds is 9. The maximum atomic E-state index is 11.4. The molecule has 2 aromatic rings. The average Bonchev–Trinajstić information content (AvgIpc) is 2.95. The van der Waals surface area contributed by atoms with Gasteiger partial charge in [-0.15, -0.1) is 0 Å². The van der Waals surface area contributed by atoms with Crippen LogP contribution in [-0.2, 0) is 45.2 Å². The quantitative estimate of drug-likeness (QED) is 0.108. The Hall–Kier alpha value is -2.16. The van der Waals surface area contributed by atoms with Crippen molar-refractivity contribution in [1.82, 2.24) is 0 Å². The van der Waals surface area contributed by atoms with Gasteiger partial charge in [-0.2, -0.15) is 26.3 Å². The summed E-state index contributed by atoms with van der Waals surface area (Å²) in [6.45, 7) is 28.2. The minimum absolute atomic E-state index is 0. The van der Waals surface area contributed by atoms with Crippen molar-refractivity contribution in [2.24, 2.45) is 9.98 Å². The van der Waals surface area contributed by atoms with Crippen molar-refractivity contribution in [3.05, 3.63) is 70.2 Å². The van der Waals surface area contributed by atoms with Crippen molar-refractivity contribution >= 4 is 42.8 Å². The summed E-state index contributed by atoms with van der Waals surface area (Å²) in [6.07, 6.45) is 0. The predicted molar refractivity (Wildman–Crippen MR) is 201 cm³/mol. The molecule has 17 heteroatoms. The fraction of sp³-hybridized carbons (Fsp3) is 0.583. The molecule has 2 aromatic carbocycles. The van der Waals surface area contributed by atoms with E-state index in [-0.39, 0.29) is 33.5 Å². The Labute approximate surface area is 327 Å². The number of halogens is 6. The number of ether oxygens (including phenoxy) is 1. The van der Waals surface area contributed by atoms with Crippen LogP contribution in [0.25, 0.3) is 4.13 Å². The van der Waals surface area contributed by atoms with E-state index in [2.05, 4.69) is 106 Å². The summed E-state index contributed by atoms with van der Waals surface area (Å²) in [7, 11) is -11.7. The number of hydrogen-bond donors (Lipinski definition) is 0. The van der Waals surface area contributed by atoms with Crippen LogP contribution in [0.2, 0.25) is 0 Å². The van der Waals surface area contributed by atoms with Crippen molar-refractivity contribution in [3.63, 3.8) is 0 Å². The molecule has 308 valence electrons. The molecule has 0 aliphatic rings. The summed E-state index contributed by atoms with van der Waals surface area (Å²) in [5.41, 5.74) is -2.94. The van der Waals surface area contributed by atoms with Crippen LogP contribution in [0.4, 0.5) is 37.7 Å². The van der Waals surface area contributed by atoms with E-state index < -0.39 is 31.1 Å². The standard InChI is InChI=1S/C28H40N2.C5H12O.C2F6NO4S2.CH3.Pd/c1-17(2)23-13-11-14-24(18(3)4)27(23)29-21(9)22(10)30-28-25(19(5)6)15-12-16-26(28)20(7)8;1-5(2,3)6-4;3-1(4,5)14(10,11)9-15(12,13)2(6,7)8;;/h11-20H,1-10H3;1-4H3;;1H3;/q;;2*-1;+2. The van der Waals surface area contributed by atoms with Crippen molar-refractivity contribution in [3.8, 4) is 0 Å². The first-order valence-corrected chi connectivity index (χ1v) is 19.0. The molecule has 0 bridgehead atoms. The van der Waals surface area contributed by atoms with Crippen molar-refractivity contribution in [2.45, 2.75) is 130 Å². The van der Waals surface area contributed by atoms with Crippen molar-refractivity contribution < 1.29 is 68.3 Å². The molecule has 0 saturated carbocycles. The zero-order valence-electron chi connectivity index (χ0n) is 33.1. The molecule has 0 aromatic heterocycles. The molecular weight excluding hydrogens is 839 g/mol. The fourth-order valence-electron chi connectivity index (χ4n) is 3.99. The number of hydrogen-bond acceptors (Lipinski definition) is 7. The first kappa shape index (κ1) is 55.2. The number of sulfonamides is 2. The minimum atomic E-state index is -6.72.